The highest BCUT2D eigenvalue weighted by Gasteiger charge is 2.36. The predicted octanol–water partition coefficient (Wildman–Crippen LogP) is 5.45. The normalized spacial score (nSPS) is 15.3. The van der Waals surface area contributed by atoms with Crippen LogP contribution in [-0.4, -0.2) is 23.3 Å². The predicted molar refractivity (Wildman–Crippen MR) is 126 cm³/mol. The van der Waals surface area contributed by atoms with Crippen molar-refractivity contribution in [1.29, 1.82) is 0 Å². The average molecular weight is 481 g/mol. The monoisotopic (exact) mass is 480 g/mol. The number of esters is 1. The Kier molecular flexibility index (Phi) is 6.79. The molecule has 0 saturated carbocycles. The number of para-hydroxylation sites is 1. The lowest BCUT2D eigenvalue weighted by atomic mass is 10.1. The van der Waals surface area contributed by atoms with Crippen LogP contribution in [0.15, 0.2) is 66.7 Å². The molecule has 0 aliphatic carbocycles. The number of carbonyl (C=O) groups excluding carboxylic acids is 2. The zero-order valence-corrected chi connectivity index (χ0v) is 19.0. The Labute approximate surface area is 200 Å². The van der Waals surface area contributed by atoms with E-state index in [1.807, 2.05) is 31.2 Å². The number of nitro benzene ring substituents is 1. The molecule has 1 aliphatic rings. The quantitative estimate of drug-likeness (QED) is 0.253. The van der Waals surface area contributed by atoms with Gasteiger partial charge in [-0.05, 0) is 42.8 Å². The first-order valence-corrected chi connectivity index (χ1v) is 10.9. The van der Waals surface area contributed by atoms with Crippen molar-refractivity contribution < 1.29 is 24.0 Å². The fourth-order valence-electron chi connectivity index (χ4n) is 3.63. The highest BCUT2D eigenvalue weighted by Crippen LogP contribution is 2.37. The third-order valence-electron chi connectivity index (χ3n) is 5.47. The number of aryl methyl sites for hydroxylation is 1. The molecule has 1 atom stereocenters. The zero-order chi connectivity index (χ0) is 24.2. The summed E-state index contributed by atoms with van der Waals surface area (Å²) in [4.78, 5) is 37.2. The van der Waals surface area contributed by atoms with Crippen molar-refractivity contribution in [1.82, 2.24) is 0 Å². The molecule has 8 nitrogen and oxygen atoms in total. The van der Waals surface area contributed by atoms with Gasteiger partial charge in [-0.2, -0.15) is 0 Å². The van der Waals surface area contributed by atoms with Crippen molar-refractivity contribution in [3.8, 4) is 11.5 Å². The molecule has 1 aliphatic heterocycles. The Morgan fingerprint density at radius 2 is 1.82 bits per heavy atom. The molecule has 0 unspecified atom stereocenters. The minimum absolute atomic E-state index is 0.0283. The fourth-order valence-corrected chi connectivity index (χ4v) is 3.83. The van der Waals surface area contributed by atoms with Crippen molar-refractivity contribution >= 4 is 34.9 Å². The zero-order valence-electron chi connectivity index (χ0n) is 18.3. The Morgan fingerprint density at radius 1 is 1.12 bits per heavy atom. The molecule has 0 aromatic heterocycles. The first kappa shape index (κ1) is 23.3. The van der Waals surface area contributed by atoms with E-state index >= 15 is 0 Å². The molecule has 34 heavy (non-hydrogen) atoms. The van der Waals surface area contributed by atoms with E-state index in [0.29, 0.717) is 11.3 Å². The highest BCUT2D eigenvalue weighted by molar-refractivity contribution is 6.32. The van der Waals surface area contributed by atoms with Crippen molar-refractivity contribution in [3.05, 3.63) is 93.0 Å². The van der Waals surface area contributed by atoms with E-state index in [9.17, 15) is 19.7 Å². The van der Waals surface area contributed by atoms with Gasteiger partial charge in [0.2, 0.25) is 11.7 Å². The number of hydrogen-bond donors (Lipinski definition) is 0. The van der Waals surface area contributed by atoms with Gasteiger partial charge < -0.3 is 14.4 Å². The number of anilines is 1. The maximum Gasteiger partial charge on any atom is 0.313 e. The number of ether oxygens (including phenoxy) is 2. The lowest BCUT2D eigenvalue weighted by molar-refractivity contribution is -0.385. The van der Waals surface area contributed by atoms with E-state index in [1.165, 1.54) is 18.2 Å². The topological polar surface area (TPSA) is 99.0 Å². The summed E-state index contributed by atoms with van der Waals surface area (Å²) in [6.45, 7) is 2.28. The number of nitrogens with zero attached hydrogens (tertiary/aromatic N) is 2. The van der Waals surface area contributed by atoms with E-state index in [2.05, 4.69) is 0 Å². The summed E-state index contributed by atoms with van der Waals surface area (Å²) < 4.78 is 11.0. The van der Waals surface area contributed by atoms with Crippen LogP contribution in [-0.2, 0) is 20.9 Å². The van der Waals surface area contributed by atoms with Crippen LogP contribution in [0.4, 0.5) is 11.4 Å². The Hall–Kier alpha value is -3.91. The smallest absolute Gasteiger partial charge is 0.313 e. The lowest BCUT2D eigenvalue weighted by Gasteiger charge is -2.16. The number of halogens is 1. The maximum atomic E-state index is 12.5. The van der Waals surface area contributed by atoms with Gasteiger partial charge in [-0.3, -0.25) is 19.7 Å². The molecule has 3 aromatic rings. The average Bonchev–Trinajstić information content (AvgIpc) is 3.21. The first-order valence-electron chi connectivity index (χ1n) is 10.5. The molecule has 1 saturated heterocycles. The van der Waals surface area contributed by atoms with E-state index in [1.54, 1.807) is 29.2 Å². The Morgan fingerprint density at radius 3 is 2.50 bits per heavy atom. The Bertz CT molecular complexity index is 1230. The number of rotatable bonds is 7. The van der Waals surface area contributed by atoms with Gasteiger partial charge >= 0.3 is 11.7 Å². The van der Waals surface area contributed by atoms with Crippen molar-refractivity contribution in [2.45, 2.75) is 20.0 Å². The van der Waals surface area contributed by atoms with E-state index in [4.69, 9.17) is 21.1 Å². The van der Waals surface area contributed by atoms with E-state index in [0.717, 1.165) is 11.3 Å². The van der Waals surface area contributed by atoms with Gasteiger partial charge in [-0.15, -0.1) is 0 Å². The second kappa shape index (κ2) is 9.93. The standard InChI is InChI=1S/C25H21ClN2O6/c1-16-5-9-19(10-6-16)27-14-18(13-23(27)29)25(30)33-15-17-7-11-20(12-8-17)34-24-21(26)3-2-4-22(24)28(31)32/h2-12,18H,13-15H2,1H3/t18-/m0/s1. The molecule has 0 radical (unpaired) electrons. The second-order valence-corrected chi connectivity index (χ2v) is 8.35. The van der Waals surface area contributed by atoms with E-state index in [-0.39, 0.29) is 41.9 Å². The van der Waals surface area contributed by atoms with Gasteiger partial charge in [0.25, 0.3) is 0 Å². The molecule has 0 bridgehead atoms. The summed E-state index contributed by atoms with van der Waals surface area (Å²) in [5.41, 5.74) is 2.32. The number of hydrogen-bond acceptors (Lipinski definition) is 6. The lowest BCUT2D eigenvalue weighted by Crippen LogP contribution is -2.26. The second-order valence-electron chi connectivity index (χ2n) is 7.94. The van der Waals surface area contributed by atoms with Crippen LogP contribution in [0.3, 0.4) is 0 Å². The molecule has 3 aromatic carbocycles. The molecule has 174 valence electrons. The van der Waals surface area contributed by atoms with Gasteiger partial charge in [0.15, 0.2) is 0 Å². The van der Waals surface area contributed by atoms with Gasteiger partial charge in [0.05, 0.1) is 15.9 Å². The van der Waals surface area contributed by atoms with Crippen LogP contribution in [0.5, 0.6) is 11.5 Å². The van der Waals surface area contributed by atoms with Crippen molar-refractivity contribution in [3.63, 3.8) is 0 Å². The molecule has 0 N–H and O–H groups in total. The third-order valence-corrected chi connectivity index (χ3v) is 5.77. The summed E-state index contributed by atoms with van der Waals surface area (Å²) in [6.07, 6.45) is 0.107. The maximum absolute atomic E-state index is 12.5. The van der Waals surface area contributed by atoms with Gasteiger partial charge in [-0.25, -0.2) is 0 Å². The number of carbonyl (C=O) groups is 2. The SMILES string of the molecule is Cc1ccc(N2C[C@@H](C(=O)OCc3ccc(Oc4c(Cl)cccc4[N+](=O)[O-])cc3)CC2=O)cc1. The third kappa shape index (κ3) is 5.18. The molecule has 1 amide bonds. The van der Waals surface area contributed by atoms with Crippen LogP contribution in [0, 0.1) is 23.0 Å². The molecule has 4 rings (SSSR count). The minimum Gasteiger partial charge on any atom is -0.461 e. The van der Waals surface area contributed by atoms with Gasteiger partial charge in [0.1, 0.15) is 12.4 Å². The number of amides is 1. The Balaban J connectivity index is 1.34. The molecular formula is C25H21ClN2O6. The number of nitro groups is 1. The van der Waals surface area contributed by atoms with Crippen molar-refractivity contribution in [2.75, 3.05) is 11.4 Å². The summed E-state index contributed by atoms with van der Waals surface area (Å²) in [6, 6.07) is 18.4. The summed E-state index contributed by atoms with van der Waals surface area (Å²) in [5.74, 6) is -0.771. The summed E-state index contributed by atoms with van der Waals surface area (Å²) >= 11 is 6.05. The van der Waals surface area contributed by atoms with Crippen molar-refractivity contribution in [2.24, 2.45) is 5.92 Å². The van der Waals surface area contributed by atoms with Gasteiger partial charge in [-0.1, -0.05) is 47.5 Å². The highest BCUT2D eigenvalue weighted by atomic mass is 35.5. The summed E-state index contributed by atoms with van der Waals surface area (Å²) in [7, 11) is 0. The van der Waals surface area contributed by atoms with E-state index < -0.39 is 16.8 Å². The molecule has 1 heterocycles. The molecule has 0 spiro atoms. The molecule has 1 fully saturated rings. The van der Waals surface area contributed by atoms with Crippen LogP contribution < -0.4 is 9.64 Å². The van der Waals surface area contributed by atoms with Crippen LogP contribution in [0.25, 0.3) is 0 Å². The molecular weight excluding hydrogens is 460 g/mol. The summed E-state index contributed by atoms with van der Waals surface area (Å²) in [5, 5.41) is 11.3. The van der Waals surface area contributed by atoms with Crippen LogP contribution >= 0.6 is 11.6 Å². The molecule has 9 heteroatoms. The van der Waals surface area contributed by atoms with Crippen LogP contribution in [0.1, 0.15) is 17.5 Å². The fraction of sp³-hybridized carbons (Fsp3) is 0.200. The van der Waals surface area contributed by atoms with Gasteiger partial charge in [0, 0.05) is 24.7 Å². The largest absolute Gasteiger partial charge is 0.461 e. The van der Waals surface area contributed by atoms with Crippen LogP contribution in [0.2, 0.25) is 5.02 Å². The first-order chi connectivity index (χ1) is 16.3. The minimum atomic E-state index is -0.567. The number of benzene rings is 3.